The van der Waals surface area contributed by atoms with Gasteiger partial charge in [-0.25, -0.2) is 5.84 Å². The lowest BCUT2D eigenvalue weighted by Gasteiger charge is -2.10. The Bertz CT molecular complexity index is 858. The van der Waals surface area contributed by atoms with E-state index < -0.39 is 11.8 Å². The van der Waals surface area contributed by atoms with Gasteiger partial charge in [0, 0.05) is 18.2 Å². The van der Waals surface area contributed by atoms with Crippen LogP contribution in [0.5, 0.6) is 5.75 Å². The van der Waals surface area contributed by atoms with Crippen molar-refractivity contribution in [1.29, 1.82) is 0 Å². The summed E-state index contributed by atoms with van der Waals surface area (Å²) in [6, 6.07) is 13.2. The molecule has 0 radical (unpaired) electrons. The largest absolute Gasteiger partial charge is 0.497 e. The lowest BCUT2D eigenvalue weighted by Crippen LogP contribution is -2.38. The molecule has 0 saturated heterocycles. The van der Waals surface area contributed by atoms with Crippen LogP contribution in [0.25, 0.3) is 6.08 Å². The van der Waals surface area contributed by atoms with E-state index in [0.29, 0.717) is 22.6 Å². The zero-order valence-electron chi connectivity index (χ0n) is 14.9. The van der Waals surface area contributed by atoms with Crippen LogP contribution in [0.2, 0.25) is 0 Å². The fourth-order valence-electron chi connectivity index (χ4n) is 2.21. The number of methoxy groups -OCH3 is 1. The summed E-state index contributed by atoms with van der Waals surface area (Å²) in [6.45, 7) is 1.39. The summed E-state index contributed by atoms with van der Waals surface area (Å²) >= 11 is 0. The van der Waals surface area contributed by atoms with Crippen molar-refractivity contribution < 1.29 is 19.1 Å². The summed E-state index contributed by atoms with van der Waals surface area (Å²) in [5, 5.41) is 5.14. The molecule has 3 amide bonds. The number of anilines is 1. The molecule has 140 valence electrons. The van der Waals surface area contributed by atoms with Crippen molar-refractivity contribution >= 4 is 29.5 Å². The van der Waals surface area contributed by atoms with Crippen LogP contribution in [0.1, 0.15) is 22.8 Å². The van der Waals surface area contributed by atoms with Crippen molar-refractivity contribution in [2.24, 2.45) is 5.84 Å². The number of ether oxygens (including phenoxy) is 1. The fourth-order valence-corrected chi connectivity index (χ4v) is 2.21. The lowest BCUT2D eigenvalue weighted by molar-refractivity contribution is -0.117. The zero-order valence-corrected chi connectivity index (χ0v) is 14.9. The Morgan fingerprint density at radius 3 is 2.15 bits per heavy atom. The molecule has 0 heterocycles. The van der Waals surface area contributed by atoms with Gasteiger partial charge in [-0.1, -0.05) is 12.1 Å². The smallest absolute Gasteiger partial charge is 0.281 e. The summed E-state index contributed by atoms with van der Waals surface area (Å²) in [5.41, 5.74) is 3.54. The van der Waals surface area contributed by atoms with Crippen LogP contribution >= 0.6 is 0 Å². The van der Waals surface area contributed by atoms with Crippen LogP contribution in [-0.2, 0) is 9.59 Å². The van der Waals surface area contributed by atoms with E-state index in [1.807, 2.05) is 5.43 Å². The van der Waals surface area contributed by atoms with E-state index in [1.54, 1.807) is 43.5 Å². The van der Waals surface area contributed by atoms with Crippen molar-refractivity contribution in [3.05, 3.63) is 65.4 Å². The topological polar surface area (TPSA) is 123 Å². The summed E-state index contributed by atoms with van der Waals surface area (Å²) < 4.78 is 5.08. The fraction of sp³-hybridized carbons (Fsp3) is 0.105. The van der Waals surface area contributed by atoms with E-state index in [-0.39, 0.29) is 11.6 Å². The molecule has 0 aliphatic carbocycles. The number of carbonyl (C=O) groups is 3. The first-order valence-electron chi connectivity index (χ1n) is 7.98. The van der Waals surface area contributed by atoms with Crippen LogP contribution in [0.15, 0.2) is 54.2 Å². The predicted molar refractivity (Wildman–Crippen MR) is 102 cm³/mol. The molecule has 5 N–H and O–H groups in total. The first kappa shape index (κ1) is 19.7. The van der Waals surface area contributed by atoms with Gasteiger partial charge in [0.1, 0.15) is 11.4 Å². The van der Waals surface area contributed by atoms with Gasteiger partial charge in [-0.2, -0.15) is 0 Å². The van der Waals surface area contributed by atoms with E-state index in [9.17, 15) is 14.4 Å². The van der Waals surface area contributed by atoms with Crippen molar-refractivity contribution in [1.82, 2.24) is 10.7 Å². The minimum Gasteiger partial charge on any atom is -0.497 e. The highest BCUT2D eigenvalue weighted by Crippen LogP contribution is 2.14. The zero-order chi connectivity index (χ0) is 19.8. The molecular weight excluding hydrogens is 348 g/mol. The first-order chi connectivity index (χ1) is 12.9. The number of benzene rings is 2. The summed E-state index contributed by atoms with van der Waals surface area (Å²) in [6.07, 6.45) is 1.49. The second-order valence-electron chi connectivity index (χ2n) is 5.52. The summed E-state index contributed by atoms with van der Waals surface area (Å²) in [4.78, 5) is 35.4. The Kier molecular flexibility index (Phi) is 6.67. The van der Waals surface area contributed by atoms with Crippen LogP contribution in [0.4, 0.5) is 5.69 Å². The van der Waals surface area contributed by atoms with Crippen molar-refractivity contribution in [3.63, 3.8) is 0 Å². The summed E-state index contributed by atoms with van der Waals surface area (Å²) in [5.74, 6) is 4.52. The number of nitrogens with one attached hydrogen (secondary N) is 3. The molecule has 0 spiro atoms. The van der Waals surface area contributed by atoms with Gasteiger partial charge in [-0.15, -0.1) is 0 Å². The number of rotatable bonds is 6. The standard InChI is InChI=1S/C19H20N4O4/c1-12(24)21-15-7-5-14(6-8-15)18(25)22-17(19(26)23-20)11-13-3-9-16(27-2)10-4-13/h3-11H,20H2,1-2H3,(H,21,24)(H,22,25)(H,23,26). The van der Waals surface area contributed by atoms with Gasteiger partial charge in [0.2, 0.25) is 5.91 Å². The first-order valence-corrected chi connectivity index (χ1v) is 7.98. The number of hydrogen-bond donors (Lipinski definition) is 4. The Labute approximate surface area is 156 Å². The van der Waals surface area contributed by atoms with Crippen LogP contribution in [0.3, 0.4) is 0 Å². The average Bonchev–Trinajstić information content (AvgIpc) is 2.67. The van der Waals surface area contributed by atoms with Gasteiger partial charge >= 0.3 is 0 Å². The number of hydrogen-bond acceptors (Lipinski definition) is 5. The SMILES string of the molecule is COc1ccc(C=C(NC(=O)c2ccc(NC(C)=O)cc2)C(=O)NN)cc1. The Balaban J connectivity index is 2.19. The van der Waals surface area contributed by atoms with Crippen molar-refractivity contribution in [2.45, 2.75) is 6.92 Å². The molecule has 0 saturated carbocycles. The molecule has 0 atom stereocenters. The molecule has 8 nitrogen and oxygen atoms in total. The second-order valence-corrected chi connectivity index (χ2v) is 5.52. The second kappa shape index (κ2) is 9.16. The van der Waals surface area contributed by atoms with Crippen molar-refractivity contribution in [3.8, 4) is 5.75 Å². The number of amides is 3. The number of carbonyl (C=O) groups excluding carboxylic acids is 3. The summed E-state index contributed by atoms with van der Waals surface area (Å²) in [7, 11) is 1.55. The minimum absolute atomic E-state index is 0.0152. The maximum Gasteiger partial charge on any atom is 0.281 e. The van der Waals surface area contributed by atoms with Crippen LogP contribution < -0.4 is 26.6 Å². The van der Waals surface area contributed by atoms with E-state index in [4.69, 9.17) is 10.6 Å². The molecule has 8 heteroatoms. The van der Waals surface area contributed by atoms with Crippen molar-refractivity contribution in [2.75, 3.05) is 12.4 Å². The van der Waals surface area contributed by atoms with E-state index in [0.717, 1.165) is 0 Å². The van der Waals surface area contributed by atoms with E-state index >= 15 is 0 Å². The van der Waals surface area contributed by atoms with Crippen LogP contribution in [0, 0.1) is 0 Å². The normalized spacial score (nSPS) is 10.7. The van der Waals surface area contributed by atoms with Gasteiger partial charge in [-0.05, 0) is 48.0 Å². The molecule has 0 unspecified atom stereocenters. The average molecular weight is 368 g/mol. The lowest BCUT2D eigenvalue weighted by atomic mass is 10.1. The molecule has 0 bridgehead atoms. The Hall–Kier alpha value is -3.65. The van der Waals surface area contributed by atoms with Gasteiger partial charge < -0.3 is 15.4 Å². The molecule has 2 aromatic carbocycles. The molecule has 27 heavy (non-hydrogen) atoms. The third kappa shape index (κ3) is 5.68. The van der Waals surface area contributed by atoms with E-state index in [1.165, 1.54) is 25.1 Å². The monoisotopic (exact) mass is 368 g/mol. The maximum atomic E-state index is 12.4. The molecular formula is C19H20N4O4. The highest BCUT2D eigenvalue weighted by molar-refractivity contribution is 6.05. The van der Waals surface area contributed by atoms with Gasteiger partial charge in [0.15, 0.2) is 0 Å². The molecule has 2 rings (SSSR count). The third-order valence-corrected chi connectivity index (χ3v) is 3.52. The quantitative estimate of drug-likeness (QED) is 0.266. The minimum atomic E-state index is -0.644. The number of hydrazine groups is 1. The maximum absolute atomic E-state index is 12.4. The van der Waals surface area contributed by atoms with Gasteiger partial charge in [0.25, 0.3) is 11.8 Å². The molecule has 0 aliphatic rings. The molecule has 0 aliphatic heterocycles. The highest BCUT2D eigenvalue weighted by Gasteiger charge is 2.14. The Morgan fingerprint density at radius 1 is 1.00 bits per heavy atom. The molecule has 0 aromatic heterocycles. The molecule has 0 fully saturated rings. The van der Waals surface area contributed by atoms with Crippen LogP contribution in [-0.4, -0.2) is 24.8 Å². The number of nitrogens with two attached hydrogens (primary N) is 1. The predicted octanol–water partition coefficient (Wildman–Crippen LogP) is 1.41. The third-order valence-electron chi connectivity index (χ3n) is 3.52. The van der Waals surface area contributed by atoms with Gasteiger partial charge in [0.05, 0.1) is 7.11 Å². The van der Waals surface area contributed by atoms with Gasteiger partial charge in [-0.3, -0.25) is 19.8 Å². The Morgan fingerprint density at radius 2 is 1.63 bits per heavy atom. The van der Waals surface area contributed by atoms with E-state index in [2.05, 4.69) is 10.6 Å². The highest BCUT2D eigenvalue weighted by atomic mass is 16.5. The molecule has 2 aromatic rings.